The van der Waals surface area contributed by atoms with Crippen LogP contribution in [0, 0.1) is 0 Å². The molecule has 1 amide bonds. The summed E-state index contributed by atoms with van der Waals surface area (Å²) >= 11 is 1.60. The number of hydrogen-bond acceptors (Lipinski definition) is 8. The Balaban J connectivity index is 1.23. The number of aliphatic hydroxyl groups is 1. The van der Waals surface area contributed by atoms with Gasteiger partial charge in [-0.15, -0.1) is 10.2 Å². The van der Waals surface area contributed by atoms with Gasteiger partial charge in [-0.25, -0.2) is 0 Å². The number of carbonyl (C=O) groups excluding carboxylic acids is 1. The Morgan fingerprint density at radius 3 is 2.36 bits per heavy atom. The van der Waals surface area contributed by atoms with Gasteiger partial charge in [-0.2, -0.15) is 0 Å². The summed E-state index contributed by atoms with van der Waals surface area (Å²) < 4.78 is 14.9. The van der Waals surface area contributed by atoms with Gasteiger partial charge in [0.2, 0.25) is 5.91 Å². The van der Waals surface area contributed by atoms with Crippen molar-refractivity contribution in [1.82, 2.24) is 20.1 Å². The van der Waals surface area contributed by atoms with Crippen LogP contribution in [0.5, 0.6) is 0 Å². The van der Waals surface area contributed by atoms with E-state index in [9.17, 15) is 14.7 Å². The molecule has 5 rings (SSSR count). The Bertz CT molecular complexity index is 1590. The predicted octanol–water partition coefficient (Wildman–Crippen LogP) is 6.35. The van der Waals surface area contributed by atoms with E-state index in [4.69, 9.17) is 14.6 Å². The molecule has 11 heteroatoms. The monoisotopic (exact) mass is 658 g/mol. The van der Waals surface area contributed by atoms with Gasteiger partial charge in [0.1, 0.15) is 6.33 Å². The third-order valence-corrected chi connectivity index (χ3v) is 9.38. The van der Waals surface area contributed by atoms with Crippen molar-refractivity contribution in [2.45, 2.75) is 81.8 Å². The quantitative estimate of drug-likeness (QED) is 0.0929. The summed E-state index contributed by atoms with van der Waals surface area (Å²) in [6, 6.07) is 24.1. The average molecular weight is 659 g/mol. The van der Waals surface area contributed by atoms with E-state index >= 15 is 0 Å². The third kappa shape index (κ3) is 9.98. The minimum absolute atomic E-state index is 0.00602. The number of hydrogen-bond donors (Lipinski definition) is 3. The number of aryl methyl sites for hydroxylation is 1. The summed E-state index contributed by atoms with van der Waals surface area (Å²) in [6.07, 6.45) is 5.18. The summed E-state index contributed by atoms with van der Waals surface area (Å²) in [4.78, 5) is 23.1. The van der Waals surface area contributed by atoms with E-state index in [0.29, 0.717) is 31.6 Å². The lowest BCUT2D eigenvalue weighted by molar-refractivity contribution is -0.245. The summed E-state index contributed by atoms with van der Waals surface area (Å²) in [7, 11) is 1.92. The largest absolute Gasteiger partial charge is 0.481 e. The molecule has 3 N–H and O–H groups in total. The predicted molar refractivity (Wildman–Crippen MR) is 179 cm³/mol. The van der Waals surface area contributed by atoms with E-state index in [2.05, 4.69) is 33.7 Å². The molecule has 0 spiro atoms. The molecule has 1 aliphatic heterocycles. The second-order valence-electron chi connectivity index (χ2n) is 11.7. The molecule has 1 aromatic heterocycles. The molecule has 2 heterocycles. The van der Waals surface area contributed by atoms with Gasteiger partial charge in [-0.05, 0) is 40.7 Å². The Hall–Kier alpha value is -4.03. The number of aliphatic carboxylic acids is 1. The van der Waals surface area contributed by atoms with Crippen molar-refractivity contribution in [3.63, 3.8) is 0 Å². The van der Waals surface area contributed by atoms with Crippen LogP contribution in [-0.2, 0) is 39.3 Å². The minimum Gasteiger partial charge on any atom is -0.481 e. The molecule has 4 aromatic rings. The highest BCUT2D eigenvalue weighted by Gasteiger charge is 2.32. The van der Waals surface area contributed by atoms with E-state index in [1.54, 1.807) is 18.1 Å². The van der Waals surface area contributed by atoms with Crippen LogP contribution < -0.4 is 5.32 Å². The molecule has 3 atom stereocenters. The van der Waals surface area contributed by atoms with Gasteiger partial charge < -0.3 is 29.6 Å². The zero-order valence-corrected chi connectivity index (χ0v) is 27.4. The van der Waals surface area contributed by atoms with Crippen LogP contribution >= 0.6 is 11.8 Å². The maximum absolute atomic E-state index is 12.5. The number of rotatable bonds is 16. The summed E-state index contributed by atoms with van der Waals surface area (Å²) in [5.41, 5.74) is 5.89. The van der Waals surface area contributed by atoms with Gasteiger partial charge in [-0.3, -0.25) is 9.59 Å². The zero-order chi connectivity index (χ0) is 33.0. The van der Waals surface area contributed by atoms with E-state index in [0.717, 1.165) is 57.8 Å². The number of aromatic nitrogens is 3. The van der Waals surface area contributed by atoms with Crippen molar-refractivity contribution in [1.29, 1.82) is 0 Å². The number of amides is 1. The molecule has 3 aromatic carbocycles. The van der Waals surface area contributed by atoms with Gasteiger partial charge in [0.15, 0.2) is 11.4 Å². The van der Waals surface area contributed by atoms with Crippen LogP contribution in [0.15, 0.2) is 84.3 Å². The van der Waals surface area contributed by atoms with Gasteiger partial charge in [-0.1, -0.05) is 97.4 Å². The van der Waals surface area contributed by atoms with Gasteiger partial charge >= 0.3 is 5.97 Å². The molecule has 1 saturated heterocycles. The van der Waals surface area contributed by atoms with Crippen LogP contribution in [-0.4, -0.2) is 48.7 Å². The fourth-order valence-electron chi connectivity index (χ4n) is 5.57. The Morgan fingerprint density at radius 1 is 0.936 bits per heavy atom. The van der Waals surface area contributed by atoms with E-state index in [-0.39, 0.29) is 31.1 Å². The molecule has 0 saturated carbocycles. The van der Waals surface area contributed by atoms with Crippen molar-refractivity contribution in [2.24, 2.45) is 7.05 Å². The SMILES string of the molecule is Cn1cnnc1SC[C@@H]1C[C@H](c2ccc(CO)cc2)O[C@H](c2ccc(-c3ccccc3CNC(=O)CCCCCCC(=O)O)cc2)O1. The number of thioether (sulfide) groups is 1. The highest BCUT2D eigenvalue weighted by Crippen LogP contribution is 2.40. The van der Waals surface area contributed by atoms with Crippen molar-refractivity contribution in [3.8, 4) is 11.1 Å². The number of aliphatic hydroxyl groups excluding tert-OH is 1. The first-order valence-corrected chi connectivity index (χ1v) is 17.0. The first-order chi connectivity index (χ1) is 22.9. The van der Waals surface area contributed by atoms with Crippen LogP contribution in [0.4, 0.5) is 0 Å². The molecule has 0 radical (unpaired) electrons. The van der Waals surface area contributed by atoms with Crippen LogP contribution in [0.25, 0.3) is 11.1 Å². The van der Waals surface area contributed by atoms with Gasteiger partial charge in [0.05, 0.1) is 18.8 Å². The lowest BCUT2D eigenvalue weighted by atomic mass is 9.97. The van der Waals surface area contributed by atoms with Crippen molar-refractivity contribution in [2.75, 3.05) is 5.75 Å². The number of carbonyl (C=O) groups is 2. The highest BCUT2D eigenvalue weighted by molar-refractivity contribution is 7.99. The van der Waals surface area contributed by atoms with Crippen molar-refractivity contribution >= 4 is 23.6 Å². The first-order valence-electron chi connectivity index (χ1n) is 16.0. The zero-order valence-electron chi connectivity index (χ0n) is 26.6. The Kier molecular flexibility index (Phi) is 12.6. The van der Waals surface area contributed by atoms with Crippen molar-refractivity contribution in [3.05, 3.63) is 101 Å². The molecule has 1 aliphatic rings. The maximum atomic E-state index is 12.5. The third-order valence-electron chi connectivity index (χ3n) is 8.21. The molecular weight excluding hydrogens is 616 g/mol. The second-order valence-corrected chi connectivity index (χ2v) is 12.7. The minimum atomic E-state index is -0.778. The lowest BCUT2D eigenvalue weighted by Gasteiger charge is -2.36. The number of ether oxygens (including phenoxy) is 2. The van der Waals surface area contributed by atoms with E-state index in [1.165, 1.54) is 0 Å². The molecule has 248 valence electrons. The van der Waals surface area contributed by atoms with Gasteiger partial charge in [0, 0.05) is 44.2 Å². The normalized spacial score (nSPS) is 17.8. The topological polar surface area (TPSA) is 136 Å². The molecule has 1 fully saturated rings. The van der Waals surface area contributed by atoms with Crippen LogP contribution in [0.3, 0.4) is 0 Å². The highest BCUT2D eigenvalue weighted by atomic mass is 32.2. The Labute approximate surface area is 279 Å². The van der Waals surface area contributed by atoms with Crippen LogP contribution in [0.1, 0.15) is 79.6 Å². The molecule has 0 aliphatic carbocycles. The number of carboxylic acid groups (broad SMARTS) is 1. The van der Waals surface area contributed by atoms with Crippen LogP contribution in [0.2, 0.25) is 0 Å². The molecule has 47 heavy (non-hydrogen) atoms. The molecule has 0 unspecified atom stereocenters. The van der Waals surface area contributed by atoms with Crippen molar-refractivity contribution < 1.29 is 29.3 Å². The second kappa shape index (κ2) is 17.2. The smallest absolute Gasteiger partial charge is 0.303 e. The van der Waals surface area contributed by atoms with Gasteiger partial charge in [0.25, 0.3) is 0 Å². The number of carboxylic acids is 1. The summed E-state index contributed by atoms with van der Waals surface area (Å²) in [6.45, 7) is 0.417. The van der Waals surface area contributed by atoms with E-state index < -0.39 is 12.3 Å². The Morgan fingerprint density at radius 2 is 1.66 bits per heavy atom. The molecule has 0 bridgehead atoms. The molecule has 10 nitrogen and oxygen atoms in total. The standard InChI is InChI=1S/C36H42N4O6S/c1-40-24-38-39-36(40)47-23-30-20-32(27-14-12-25(22-41)13-15-27)46-35(45-30)28-18-16-26(17-19-28)31-9-7-6-8-29(31)21-37-33(42)10-4-2-3-5-11-34(43)44/h6-9,12-19,24,30,32,35,41H,2-5,10-11,20-23H2,1H3,(H,37,42)(H,43,44)/t30-,32+,35+/m0/s1. The fraction of sp³-hybridized carbons (Fsp3) is 0.389. The average Bonchev–Trinajstić information content (AvgIpc) is 3.52. The lowest BCUT2D eigenvalue weighted by Crippen LogP contribution is -2.31. The summed E-state index contributed by atoms with van der Waals surface area (Å²) in [5, 5.41) is 30.3. The number of nitrogens with zero attached hydrogens (tertiary/aromatic N) is 3. The summed E-state index contributed by atoms with van der Waals surface area (Å²) in [5.74, 6) is -0.0906. The number of unbranched alkanes of at least 4 members (excludes halogenated alkanes) is 3. The number of benzene rings is 3. The number of nitrogens with one attached hydrogen (secondary N) is 1. The van der Waals surface area contributed by atoms with E-state index in [1.807, 2.05) is 66.2 Å². The fourth-order valence-corrected chi connectivity index (χ4v) is 6.47. The maximum Gasteiger partial charge on any atom is 0.303 e. The first kappa shape index (κ1) is 34.3. The molecular formula is C36H42N4O6S.